The highest BCUT2D eigenvalue weighted by molar-refractivity contribution is 5.78. The first-order valence-electron chi connectivity index (χ1n) is 10.5. The molecule has 0 aliphatic carbocycles. The number of benzene rings is 2. The summed E-state index contributed by atoms with van der Waals surface area (Å²) in [6.45, 7) is 4.04. The molecule has 0 saturated carbocycles. The van der Waals surface area contributed by atoms with Gasteiger partial charge in [-0.1, -0.05) is 11.2 Å². The van der Waals surface area contributed by atoms with Gasteiger partial charge in [0.15, 0.2) is 11.5 Å². The van der Waals surface area contributed by atoms with Crippen molar-refractivity contribution < 1.29 is 23.5 Å². The minimum atomic E-state index is -0.00217. The smallest absolute Gasteiger partial charge is 0.236 e. The molecule has 0 atom stereocenters. The van der Waals surface area contributed by atoms with Gasteiger partial charge in [0.1, 0.15) is 12.2 Å². The van der Waals surface area contributed by atoms with E-state index in [4.69, 9.17) is 18.7 Å². The maximum Gasteiger partial charge on any atom is 0.236 e. The Balaban J connectivity index is 1.13. The van der Waals surface area contributed by atoms with Crippen molar-refractivity contribution in [2.24, 2.45) is 0 Å². The highest BCUT2D eigenvalue weighted by atomic mass is 16.7. The molecule has 9 nitrogen and oxygen atoms in total. The van der Waals surface area contributed by atoms with E-state index < -0.39 is 0 Å². The van der Waals surface area contributed by atoms with Crippen molar-refractivity contribution in [3.63, 3.8) is 0 Å². The van der Waals surface area contributed by atoms with Crippen molar-refractivity contribution in [2.45, 2.75) is 13.0 Å². The highest BCUT2D eigenvalue weighted by Crippen LogP contribution is 2.32. The largest absolute Gasteiger partial charge is 0.497 e. The summed E-state index contributed by atoms with van der Waals surface area (Å²) in [5.41, 5.74) is 1.98. The number of piperazine rings is 1. The molecule has 3 aromatic rings. The maximum absolute atomic E-state index is 12.7. The zero-order chi connectivity index (χ0) is 21.9. The number of hydrogen-bond acceptors (Lipinski definition) is 8. The third kappa shape index (κ3) is 4.38. The van der Waals surface area contributed by atoms with Gasteiger partial charge in [0.2, 0.25) is 24.4 Å². The summed E-state index contributed by atoms with van der Waals surface area (Å²) in [5.74, 6) is 3.13. The van der Waals surface area contributed by atoms with Crippen molar-refractivity contribution in [1.82, 2.24) is 19.9 Å². The van der Waals surface area contributed by atoms with Crippen LogP contribution in [0.5, 0.6) is 17.2 Å². The van der Waals surface area contributed by atoms with E-state index in [0.29, 0.717) is 24.8 Å². The zero-order valence-corrected chi connectivity index (χ0v) is 17.8. The summed E-state index contributed by atoms with van der Waals surface area (Å²) in [4.78, 5) is 21.3. The van der Waals surface area contributed by atoms with Crippen molar-refractivity contribution in [1.29, 1.82) is 0 Å². The number of hydrogen-bond donors (Lipinski definition) is 0. The zero-order valence-electron chi connectivity index (χ0n) is 17.8. The Labute approximate surface area is 185 Å². The number of carbonyl (C=O) groups is 1. The summed E-state index contributed by atoms with van der Waals surface area (Å²) in [6.07, 6.45) is 0.102. The molecule has 1 amide bonds. The Hall–Kier alpha value is -3.59. The van der Waals surface area contributed by atoms with Crippen LogP contribution in [0.15, 0.2) is 47.0 Å². The molecule has 1 aromatic heterocycles. The van der Waals surface area contributed by atoms with Gasteiger partial charge in [-0.15, -0.1) is 0 Å². The quantitative estimate of drug-likeness (QED) is 0.582. The van der Waals surface area contributed by atoms with Crippen LogP contribution in [0, 0.1) is 0 Å². The van der Waals surface area contributed by atoms with E-state index in [1.807, 2.05) is 41.3 Å². The van der Waals surface area contributed by atoms with Gasteiger partial charge >= 0.3 is 0 Å². The van der Waals surface area contributed by atoms with E-state index in [0.717, 1.165) is 42.4 Å². The van der Waals surface area contributed by atoms with Crippen LogP contribution < -0.4 is 14.2 Å². The van der Waals surface area contributed by atoms with Crippen LogP contribution in [0.25, 0.3) is 11.4 Å². The number of carbonyl (C=O) groups excluding carboxylic acids is 1. The fourth-order valence-corrected chi connectivity index (χ4v) is 3.88. The number of methoxy groups -OCH3 is 1. The standard InChI is InChI=1S/C23H24N4O5/c1-29-18-5-3-17(4-6-18)23-24-21(32-25-23)13-22(28)27-10-8-26(9-11-27)14-16-2-7-19-20(12-16)31-15-30-19/h2-7,12H,8-11,13-15H2,1H3. The van der Waals surface area contributed by atoms with Gasteiger partial charge in [0.05, 0.1) is 7.11 Å². The van der Waals surface area contributed by atoms with Gasteiger partial charge in [0.25, 0.3) is 0 Å². The molecule has 9 heteroatoms. The van der Waals surface area contributed by atoms with Crippen molar-refractivity contribution in [3.05, 3.63) is 53.9 Å². The molecule has 0 radical (unpaired) electrons. The van der Waals surface area contributed by atoms with Crippen molar-refractivity contribution in [2.75, 3.05) is 40.1 Å². The van der Waals surface area contributed by atoms with Crippen molar-refractivity contribution in [3.8, 4) is 28.6 Å². The molecule has 32 heavy (non-hydrogen) atoms. The molecule has 2 aliphatic rings. The first-order valence-corrected chi connectivity index (χ1v) is 10.5. The maximum atomic E-state index is 12.7. The van der Waals surface area contributed by atoms with Gasteiger partial charge in [-0.3, -0.25) is 9.69 Å². The fourth-order valence-electron chi connectivity index (χ4n) is 3.88. The Kier molecular flexibility index (Phi) is 5.64. The van der Waals surface area contributed by atoms with Crippen LogP contribution in [0.3, 0.4) is 0 Å². The minimum Gasteiger partial charge on any atom is -0.497 e. The fraction of sp³-hybridized carbons (Fsp3) is 0.348. The first kappa shape index (κ1) is 20.3. The minimum absolute atomic E-state index is 0.00217. The molecule has 1 fully saturated rings. The normalized spacial score (nSPS) is 15.7. The number of ether oxygens (including phenoxy) is 3. The summed E-state index contributed by atoms with van der Waals surface area (Å²) in [6, 6.07) is 13.4. The molecule has 0 N–H and O–H groups in total. The molecular weight excluding hydrogens is 412 g/mol. The molecule has 3 heterocycles. The van der Waals surface area contributed by atoms with Gasteiger partial charge in [0, 0.05) is 38.3 Å². The summed E-state index contributed by atoms with van der Waals surface area (Å²) >= 11 is 0. The van der Waals surface area contributed by atoms with Crippen molar-refractivity contribution >= 4 is 5.91 Å². The molecule has 5 rings (SSSR count). The number of amides is 1. The second-order valence-electron chi connectivity index (χ2n) is 7.76. The SMILES string of the molecule is COc1ccc(-c2noc(CC(=O)N3CCN(Cc4ccc5c(c4)OCO5)CC3)n2)cc1. The number of fused-ring (bicyclic) bond motifs is 1. The van der Waals surface area contributed by atoms with E-state index in [-0.39, 0.29) is 19.1 Å². The Morgan fingerprint density at radius 3 is 2.59 bits per heavy atom. The predicted molar refractivity (Wildman–Crippen MR) is 114 cm³/mol. The second-order valence-corrected chi connectivity index (χ2v) is 7.76. The molecule has 0 bridgehead atoms. The monoisotopic (exact) mass is 436 g/mol. The number of aromatic nitrogens is 2. The Morgan fingerprint density at radius 1 is 1.03 bits per heavy atom. The van der Waals surface area contributed by atoms with E-state index in [1.165, 1.54) is 5.56 Å². The van der Waals surface area contributed by atoms with E-state index in [9.17, 15) is 4.79 Å². The van der Waals surface area contributed by atoms with Gasteiger partial charge < -0.3 is 23.6 Å². The average Bonchev–Trinajstić information content (AvgIpc) is 3.49. The molecule has 2 aromatic carbocycles. The average molecular weight is 436 g/mol. The van der Waals surface area contributed by atoms with E-state index in [1.54, 1.807) is 7.11 Å². The lowest BCUT2D eigenvalue weighted by Gasteiger charge is -2.34. The van der Waals surface area contributed by atoms with Crippen LogP contribution in [-0.2, 0) is 17.8 Å². The third-order valence-corrected chi connectivity index (χ3v) is 5.69. The molecular formula is C23H24N4O5. The summed E-state index contributed by atoms with van der Waals surface area (Å²) < 4.78 is 21.3. The Bertz CT molecular complexity index is 1090. The molecule has 1 saturated heterocycles. The van der Waals surface area contributed by atoms with E-state index in [2.05, 4.69) is 21.1 Å². The van der Waals surface area contributed by atoms with Gasteiger partial charge in [-0.2, -0.15) is 4.98 Å². The molecule has 166 valence electrons. The topological polar surface area (TPSA) is 90.2 Å². The van der Waals surface area contributed by atoms with E-state index >= 15 is 0 Å². The van der Waals surface area contributed by atoms with Gasteiger partial charge in [-0.05, 0) is 42.0 Å². The molecule has 2 aliphatic heterocycles. The summed E-state index contributed by atoms with van der Waals surface area (Å²) in [7, 11) is 1.62. The van der Waals surface area contributed by atoms with Crippen LogP contribution in [0.1, 0.15) is 11.5 Å². The lowest BCUT2D eigenvalue weighted by molar-refractivity contribution is -0.132. The highest BCUT2D eigenvalue weighted by Gasteiger charge is 2.24. The lowest BCUT2D eigenvalue weighted by atomic mass is 10.1. The first-order chi connectivity index (χ1) is 15.7. The molecule has 0 spiro atoms. The van der Waals surface area contributed by atoms with Crippen LogP contribution in [0.2, 0.25) is 0 Å². The number of nitrogens with zero attached hydrogens (tertiary/aromatic N) is 4. The molecule has 0 unspecified atom stereocenters. The van der Waals surface area contributed by atoms with Crippen LogP contribution >= 0.6 is 0 Å². The lowest BCUT2D eigenvalue weighted by Crippen LogP contribution is -2.48. The number of rotatable bonds is 6. The van der Waals surface area contributed by atoms with Gasteiger partial charge in [-0.25, -0.2) is 0 Å². The second kappa shape index (κ2) is 8.88. The predicted octanol–water partition coefficient (Wildman–Crippen LogP) is 2.36. The summed E-state index contributed by atoms with van der Waals surface area (Å²) in [5, 5.41) is 4.00. The Morgan fingerprint density at radius 2 is 1.81 bits per heavy atom. The third-order valence-electron chi connectivity index (χ3n) is 5.69. The van der Waals surface area contributed by atoms with Crippen LogP contribution in [-0.4, -0.2) is 65.9 Å². The van der Waals surface area contributed by atoms with Crippen LogP contribution in [0.4, 0.5) is 0 Å².